The van der Waals surface area contributed by atoms with Crippen LogP contribution in [0.5, 0.6) is 5.75 Å². The van der Waals surface area contributed by atoms with Gasteiger partial charge in [-0.25, -0.2) is 0 Å². The largest absolute Gasteiger partial charge is 0.456 e. The van der Waals surface area contributed by atoms with Crippen LogP contribution in [0.4, 0.5) is 0 Å². The lowest BCUT2D eigenvalue weighted by molar-refractivity contribution is 0.360. The predicted octanol–water partition coefficient (Wildman–Crippen LogP) is 2.77. The number of nitriles is 1. The van der Waals surface area contributed by atoms with Crippen LogP contribution in [-0.4, -0.2) is 17.0 Å². The molecule has 0 bridgehead atoms. The number of nitrogens with zero attached hydrogens (tertiary/aromatic N) is 1. The molecule has 5 nitrogen and oxygen atoms in total. The minimum absolute atomic E-state index is 0.0474. The van der Waals surface area contributed by atoms with Crippen LogP contribution in [0.2, 0.25) is 0 Å². The molecule has 0 unspecified atom stereocenters. The van der Waals surface area contributed by atoms with Gasteiger partial charge in [-0.2, -0.15) is 5.26 Å². The Morgan fingerprint density at radius 1 is 0.870 bits per heavy atom. The van der Waals surface area contributed by atoms with Gasteiger partial charge in [0.25, 0.3) is 10.3 Å². The molecule has 120 valence electrons. The molecule has 4 N–H and O–H groups in total. The molecule has 2 aromatic carbocycles. The third-order valence-corrected chi connectivity index (χ3v) is 2.11. The van der Waals surface area contributed by atoms with Crippen molar-refractivity contribution in [2.45, 2.75) is 0 Å². The number of ether oxygens (including phenoxy) is 2. The average molecular weight is 347 g/mol. The maximum absolute atomic E-state index is 7.82. The van der Waals surface area contributed by atoms with E-state index in [1.807, 2.05) is 54.6 Å². The van der Waals surface area contributed by atoms with E-state index in [1.165, 1.54) is 0 Å². The van der Waals surface area contributed by atoms with Crippen molar-refractivity contribution in [3.63, 3.8) is 0 Å². The molecule has 0 spiro atoms. The van der Waals surface area contributed by atoms with E-state index < -0.39 is 0 Å². The number of thiocarbonyl (C=S) groups is 2. The second kappa shape index (κ2) is 14.3. The van der Waals surface area contributed by atoms with Gasteiger partial charge in [0.15, 0.2) is 6.61 Å². The molecule has 23 heavy (non-hydrogen) atoms. The third kappa shape index (κ3) is 15.5. The Bertz CT molecular complexity index is 575. The van der Waals surface area contributed by atoms with Gasteiger partial charge < -0.3 is 20.9 Å². The first-order valence-electron chi connectivity index (χ1n) is 6.37. The summed E-state index contributed by atoms with van der Waals surface area (Å²) in [5.41, 5.74) is 9.97. The van der Waals surface area contributed by atoms with Gasteiger partial charge in [-0.05, 0) is 36.6 Å². The summed E-state index contributed by atoms with van der Waals surface area (Å²) in [7, 11) is 0. The maximum Gasteiger partial charge on any atom is 0.259 e. The number of hydrogen-bond donors (Lipinski definition) is 2. The molecule has 0 amide bonds. The third-order valence-electron chi connectivity index (χ3n) is 1.91. The molecule has 0 atom stereocenters. The summed E-state index contributed by atoms with van der Waals surface area (Å²) < 4.78 is 9.26. The Hall–Kier alpha value is -2.69. The fourth-order valence-corrected chi connectivity index (χ4v) is 1.25. The molecular weight excluding hydrogens is 330 g/mol. The molecule has 0 aliphatic carbocycles. The van der Waals surface area contributed by atoms with Crippen molar-refractivity contribution in [1.29, 1.82) is 5.26 Å². The fourth-order valence-electron chi connectivity index (χ4n) is 1.09. The van der Waals surface area contributed by atoms with Crippen molar-refractivity contribution < 1.29 is 9.47 Å². The Morgan fingerprint density at radius 2 is 1.30 bits per heavy atom. The van der Waals surface area contributed by atoms with Crippen LogP contribution >= 0.6 is 24.4 Å². The number of benzene rings is 2. The SMILES string of the molecule is N#CCOC(N)=S.NC(=S)Oc1ccccc1.c1ccccc1. The van der Waals surface area contributed by atoms with Crippen LogP contribution < -0.4 is 16.2 Å². The van der Waals surface area contributed by atoms with Gasteiger partial charge in [-0.1, -0.05) is 54.6 Å². The quantitative estimate of drug-likeness (QED) is 0.807. The van der Waals surface area contributed by atoms with Gasteiger partial charge in [0.05, 0.1) is 0 Å². The second-order valence-corrected chi connectivity index (χ2v) is 4.46. The normalized spacial score (nSPS) is 7.96. The Kier molecular flexibility index (Phi) is 12.6. The molecule has 0 aliphatic rings. The van der Waals surface area contributed by atoms with Crippen molar-refractivity contribution in [2.75, 3.05) is 6.61 Å². The Morgan fingerprint density at radius 3 is 1.61 bits per heavy atom. The predicted molar refractivity (Wildman–Crippen MR) is 98.6 cm³/mol. The first-order valence-corrected chi connectivity index (χ1v) is 7.19. The standard InChI is InChI=1S/C7H7NOS.C6H6.C3H4N2OS/c8-7(10)9-6-4-2-1-3-5-6;1-2-4-6-5-3-1;4-1-2-6-3(5)7/h1-5H,(H2,8,10);1-6H;2H2,(H2,5,7). The molecule has 0 saturated heterocycles. The van der Waals surface area contributed by atoms with E-state index in [0.29, 0.717) is 5.75 Å². The first kappa shape index (κ1) is 20.3. The van der Waals surface area contributed by atoms with E-state index in [-0.39, 0.29) is 17.0 Å². The molecule has 2 rings (SSSR count). The zero-order chi connectivity index (χ0) is 17.3. The zero-order valence-electron chi connectivity index (χ0n) is 12.3. The summed E-state index contributed by atoms with van der Waals surface area (Å²) in [6.45, 7) is -0.0602. The minimum Gasteiger partial charge on any atom is -0.456 e. The molecule has 0 fully saturated rings. The van der Waals surface area contributed by atoms with Crippen molar-refractivity contribution in [3.05, 3.63) is 66.7 Å². The summed E-state index contributed by atoms with van der Waals surface area (Å²) >= 11 is 8.80. The lowest BCUT2D eigenvalue weighted by Crippen LogP contribution is -2.15. The zero-order valence-corrected chi connectivity index (χ0v) is 13.9. The molecule has 2 aromatic rings. The Labute approximate surface area is 146 Å². The molecule has 7 heteroatoms. The maximum atomic E-state index is 7.82. The van der Waals surface area contributed by atoms with Crippen LogP contribution in [0.1, 0.15) is 0 Å². The summed E-state index contributed by atoms with van der Waals surface area (Å²) in [5, 5.41) is 7.79. The monoisotopic (exact) mass is 347 g/mol. The van der Waals surface area contributed by atoms with E-state index in [0.717, 1.165) is 0 Å². The summed E-state index contributed by atoms with van der Waals surface area (Å²) in [6.07, 6.45) is 0. The van der Waals surface area contributed by atoms with E-state index >= 15 is 0 Å². The molecule has 0 aliphatic heterocycles. The summed E-state index contributed by atoms with van der Waals surface area (Å²) in [5.74, 6) is 0.676. The number of nitrogens with two attached hydrogens (primary N) is 2. The van der Waals surface area contributed by atoms with Gasteiger partial charge in [0.1, 0.15) is 11.8 Å². The van der Waals surface area contributed by atoms with Crippen molar-refractivity contribution in [1.82, 2.24) is 0 Å². The highest BCUT2D eigenvalue weighted by atomic mass is 32.1. The number of para-hydroxylation sites is 1. The molecule has 0 radical (unpaired) electrons. The fraction of sp³-hybridized carbons (Fsp3) is 0.0625. The van der Waals surface area contributed by atoms with Crippen LogP contribution in [0, 0.1) is 11.3 Å². The lowest BCUT2D eigenvalue weighted by atomic mass is 10.3. The van der Waals surface area contributed by atoms with E-state index in [4.69, 9.17) is 21.5 Å². The smallest absolute Gasteiger partial charge is 0.259 e. The van der Waals surface area contributed by atoms with Gasteiger partial charge in [-0.15, -0.1) is 0 Å². The van der Waals surface area contributed by atoms with Crippen molar-refractivity contribution in [2.24, 2.45) is 11.5 Å². The lowest BCUT2D eigenvalue weighted by Gasteiger charge is -1.99. The highest BCUT2D eigenvalue weighted by Gasteiger charge is 1.90. The van der Waals surface area contributed by atoms with E-state index in [2.05, 4.69) is 29.2 Å². The highest BCUT2D eigenvalue weighted by Crippen LogP contribution is 2.07. The second-order valence-electron chi connectivity index (χ2n) is 3.65. The van der Waals surface area contributed by atoms with Crippen LogP contribution in [0.3, 0.4) is 0 Å². The number of hydrogen-bond acceptors (Lipinski definition) is 5. The van der Waals surface area contributed by atoms with Gasteiger partial charge in [0.2, 0.25) is 0 Å². The molecule has 0 heterocycles. The van der Waals surface area contributed by atoms with Crippen molar-refractivity contribution >= 4 is 34.8 Å². The van der Waals surface area contributed by atoms with Crippen LogP contribution in [0.25, 0.3) is 0 Å². The molecule has 0 saturated carbocycles. The summed E-state index contributed by atoms with van der Waals surface area (Å²) in [4.78, 5) is 0. The van der Waals surface area contributed by atoms with Crippen LogP contribution in [-0.2, 0) is 4.74 Å². The molecule has 0 aromatic heterocycles. The van der Waals surface area contributed by atoms with Gasteiger partial charge in [-0.3, -0.25) is 0 Å². The Balaban J connectivity index is 0.000000329. The van der Waals surface area contributed by atoms with Crippen molar-refractivity contribution in [3.8, 4) is 11.8 Å². The topological polar surface area (TPSA) is 94.3 Å². The average Bonchev–Trinajstić information content (AvgIpc) is 2.56. The summed E-state index contributed by atoms with van der Waals surface area (Å²) in [6, 6.07) is 22.9. The van der Waals surface area contributed by atoms with E-state index in [1.54, 1.807) is 18.2 Å². The van der Waals surface area contributed by atoms with Gasteiger partial charge in [0, 0.05) is 0 Å². The molecular formula is C16H17N3O2S2. The minimum atomic E-state index is -0.0819. The van der Waals surface area contributed by atoms with Gasteiger partial charge >= 0.3 is 0 Å². The van der Waals surface area contributed by atoms with E-state index in [9.17, 15) is 0 Å². The first-order chi connectivity index (χ1) is 11.1. The highest BCUT2D eigenvalue weighted by molar-refractivity contribution is 7.80. The van der Waals surface area contributed by atoms with Crippen LogP contribution in [0.15, 0.2) is 66.7 Å². The number of rotatable bonds is 2.